The normalized spacial score (nSPS) is 10.5. The summed E-state index contributed by atoms with van der Waals surface area (Å²) < 4.78 is 28.8. The molecule has 1 aromatic carbocycles. The van der Waals surface area contributed by atoms with Gasteiger partial charge in [-0.2, -0.15) is 8.78 Å². The van der Waals surface area contributed by atoms with Crippen LogP contribution in [-0.2, 0) is 6.54 Å². The van der Waals surface area contributed by atoms with Crippen LogP contribution in [0, 0.1) is 10.1 Å². The van der Waals surface area contributed by atoms with E-state index in [1.165, 1.54) is 6.07 Å². The standard InChI is InChI=1S/C13H10ClF2N3O3/c14-12-4-1-8(7-18-12)6-17-9-2-3-10(19(20)21)11(5-9)22-13(15)16/h1-5,7,13,17H,6H2. The molecule has 0 bridgehead atoms. The molecule has 6 nitrogen and oxygen atoms in total. The minimum absolute atomic E-state index is 0.343. The van der Waals surface area contributed by atoms with E-state index in [2.05, 4.69) is 15.0 Å². The van der Waals surface area contributed by atoms with Gasteiger partial charge in [-0.15, -0.1) is 0 Å². The molecule has 0 atom stereocenters. The zero-order valence-corrected chi connectivity index (χ0v) is 11.8. The molecular formula is C13H10ClF2N3O3. The third-order valence-corrected chi connectivity index (χ3v) is 2.88. The summed E-state index contributed by atoms with van der Waals surface area (Å²) in [7, 11) is 0. The lowest BCUT2D eigenvalue weighted by atomic mass is 10.2. The summed E-state index contributed by atoms with van der Waals surface area (Å²) in [6, 6.07) is 7.00. The van der Waals surface area contributed by atoms with Gasteiger partial charge in [0.15, 0.2) is 0 Å². The van der Waals surface area contributed by atoms with Crippen molar-refractivity contribution >= 4 is 23.0 Å². The van der Waals surface area contributed by atoms with E-state index in [1.54, 1.807) is 18.3 Å². The Hall–Kier alpha value is -2.48. The van der Waals surface area contributed by atoms with Crippen LogP contribution in [0.5, 0.6) is 5.75 Å². The number of anilines is 1. The number of alkyl halides is 2. The lowest BCUT2D eigenvalue weighted by Crippen LogP contribution is -2.06. The average Bonchev–Trinajstić information content (AvgIpc) is 2.46. The number of aromatic nitrogens is 1. The Kier molecular flexibility index (Phi) is 5.05. The highest BCUT2D eigenvalue weighted by molar-refractivity contribution is 6.29. The molecule has 1 heterocycles. The van der Waals surface area contributed by atoms with Gasteiger partial charge >= 0.3 is 12.3 Å². The van der Waals surface area contributed by atoms with Crippen molar-refractivity contribution in [2.24, 2.45) is 0 Å². The van der Waals surface area contributed by atoms with Crippen molar-refractivity contribution in [3.8, 4) is 5.75 Å². The Morgan fingerprint density at radius 1 is 1.36 bits per heavy atom. The lowest BCUT2D eigenvalue weighted by Gasteiger charge is -2.10. The molecule has 0 spiro atoms. The van der Waals surface area contributed by atoms with Crippen LogP contribution >= 0.6 is 11.6 Å². The van der Waals surface area contributed by atoms with Crippen LogP contribution in [0.25, 0.3) is 0 Å². The van der Waals surface area contributed by atoms with Crippen molar-refractivity contribution in [3.63, 3.8) is 0 Å². The minimum Gasteiger partial charge on any atom is -0.427 e. The number of benzene rings is 1. The zero-order chi connectivity index (χ0) is 16.1. The first-order valence-electron chi connectivity index (χ1n) is 6.03. The van der Waals surface area contributed by atoms with Gasteiger partial charge < -0.3 is 10.1 Å². The molecule has 0 aliphatic carbocycles. The number of nitrogens with zero attached hydrogens (tertiary/aromatic N) is 2. The molecular weight excluding hydrogens is 320 g/mol. The maximum absolute atomic E-state index is 12.3. The van der Waals surface area contributed by atoms with Gasteiger partial charge in [-0.25, -0.2) is 4.98 Å². The smallest absolute Gasteiger partial charge is 0.387 e. The molecule has 2 aromatic rings. The zero-order valence-electron chi connectivity index (χ0n) is 11.0. The highest BCUT2D eigenvalue weighted by atomic mass is 35.5. The number of nitro benzene ring substituents is 1. The SMILES string of the molecule is O=[N+]([O-])c1ccc(NCc2ccc(Cl)nc2)cc1OC(F)F. The first kappa shape index (κ1) is 15.9. The molecule has 116 valence electrons. The second-order valence-electron chi connectivity index (χ2n) is 4.16. The summed E-state index contributed by atoms with van der Waals surface area (Å²) in [5.74, 6) is -0.501. The molecule has 0 amide bonds. The lowest BCUT2D eigenvalue weighted by molar-refractivity contribution is -0.386. The van der Waals surface area contributed by atoms with Crippen molar-refractivity contribution in [1.82, 2.24) is 4.98 Å². The van der Waals surface area contributed by atoms with Crippen molar-refractivity contribution < 1.29 is 18.4 Å². The molecule has 0 aliphatic heterocycles. The average molecular weight is 330 g/mol. The monoisotopic (exact) mass is 329 g/mol. The summed E-state index contributed by atoms with van der Waals surface area (Å²) in [4.78, 5) is 13.9. The largest absolute Gasteiger partial charge is 0.427 e. The third kappa shape index (κ3) is 4.26. The van der Waals surface area contributed by atoms with Gasteiger partial charge in [-0.3, -0.25) is 10.1 Å². The topological polar surface area (TPSA) is 77.3 Å². The van der Waals surface area contributed by atoms with Gasteiger partial charge in [0.1, 0.15) is 5.15 Å². The van der Waals surface area contributed by atoms with Crippen molar-refractivity contribution in [2.75, 3.05) is 5.32 Å². The number of hydrogen-bond acceptors (Lipinski definition) is 5. The first-order chi connectivity index (χ1) is 10.5. The number of nitrogens with one attached hydrogen (secondary N) is 1. The second-order valence-corrected chi connectivity index (χ2v) is 4.55. The summed E-state index contributed by atoms with van der Waals surface area (Å²) in [6.45, 7) is -2.80. The molecule has 0 saturated carbocycles. The van der Waals surface area contributed by atoms with Gasteiger partial charge in [-0.05, 0) is 17.7 Å². The van der Waals surface area contributed by atoms with Gasteiger partial charge in [0.25, 0.3) is 0 Å². The Bertz CT molecular complexity index is 668. The molecule has 0 saturated heterocycles. The number of ether oxygens (including phenoxy) is 1. The molecule has 0 fully saturated rings. The summed E-state index contributed by atoms with van der Waals surface area (Å²) in [6.07, 6.45) is 1.55. The summed E-state index contributed by atoms with van der Waals surface area (Å²) in [5.41, 5.74) is 0.675. The Balaban J connectivity index is 2.13. The Labute approximate surface area is 128 Å². The van der Waals surface area contributed by atoms with E-state index in [1.807, 2.05) is 0 Å². The van der Waals surface area contributed by atoms with E-state index in [9.17, 15) is 18.9 Å². The molecule has 0 unspecified atom stereocenters. The molecule has 0 radical (unpaired) electrons. The predicted molar refractivity (Wildman–Crippen MR) is 76.3 cm³/mol. The van der Waals surface area contributed by atoms with Crippen LogP contribution in [-0.4, -0.2) is 16.5 Å². The van der Waals surface area contributed by atoms with E-state index in [0.29, 0.717) is 17.4 Å². The van der Waals surface area contributed by atoms with Crippen molar-refractivity contribution in [3.05, 3.63) is 57.4 Å². The predicted octanol–water partition coefficient (Wildman–Crippen LogP) is 3.86. The molecule has 9 heteroatoms. The fourth-order valence-corrected chi connectivity index (χ4v) is 1.79. The van der Waals surface area contributed by atoms with Gasteiger partial charge in [0.2, 0.25) is 5.75 Å². The number of rotatable bonds is 6. The van der Waals surface area contributed by atoms with Crippen molar-refractivity contribution in [1.29, 1.82) is 0 Å². The van der Waals surface area contributed by atoms with Gasteiger partial charge in [0.05, 0.1) is 4.92 Å². The minimum atomic E-state index is -3.14. The molecule has 2 rings (SSSR count). The van der Waals surface area contributed by atoms with Crippen LogP contribution in [0.1, 0.15) is 5.56 Å². The second kappa shape index (κ2) is 6.99. The third-order valence-electron chi connectivity index (χ3n) is 2.66. The van der Waals surface area contributed by atoms with E-state index >= 15 is 0 Å². The first-order valence-corrected chi connectivity index (χ1v) is 6.41. The highest BCUT2D eigenvalue weighted by Crippen LogP contribution is 2.31. The van der Waals surface area contributed by atoms with E-state index in [4.69, 9.17) is 11.6 Å². The number of nitro groups is 1. The number of halogens is 3. The summed E-state index contributed by atoms with van der Waals surface area (Å²) in [5, 5.41) is 14.0. The fraction of sp³-hybridized carbons (Fsp3) is 0.154. The van der Waals surface area contributed by atoms with Crippen LogP contribution in [0.4, 0.5) is 20.2 Å². The molecule has 22 heavy (non-hydrogen) atoms. The maximum atomic E-state index is 12.3. The van der Waals surface area contributed by atoms with Crippen LogP contribution in [0.3, 0.4) is 0 Å². The molecule has 1 aromatic heterocycles. The molecule has 1 N–H and O–H groups in total. The van der Waals surface area contributed by atoms with Crippen LogP contribution in [0.2, 0.25) is 5.15 Å². The van der Waals surface area contributed by atoms with Crippen molar-refractivity contribution in [2.45, 2.75) is 13.2 Å². The maximum Gasteiger partial charge on any atom is 0.387 e. The van der Waals surface area contributed by atoms with E-state index < -0.39 is 23.0 Å². The number of hydrogen-bond donors (Lipinski definition) is 1. The Morgan fingerprint density at radius 2 is 2.14 bits per heavy atom. The van der Waals surface area contributed by atoms with Crippen LogP contribution in [0.15, 0.2) is 36.5 Å². The van der Waals surface area contributed by atoms with Gasteiger partial charge in [-0.1, -0.05) is 17.7 Å². The summed E-state index contributed by atoms with van der Waals surface area (Å²) >= 11 is 5.66. The van der Waals surface area contributed by atoms with E-state index in [-0.39, 0.29) is 0 Å². The van der Waals surface area contributed by atoms with Crippen LogP contribution < -0.4 is 10.1 Å². The Morgan fingerprint density at radius 3 is 2.73 bits per heavy atom. The van der Waals surface area contributed by atoms with Gasteiger partial charge in [0, 0.05) is 30.6 Å². The fourth-order valence-electron chi connectivity index (χ4n) is 1.68. The quantitative estimate of drug-likeness (QED) is 0.494. The highest BCUT2D eigenvalue weighted by Gasteiger charge is 2.18. The molecule has 0 aliphatic rings. The number of pyridine rings is 1. The van der Waals surface area contributed by atoms with E-state index in [0.717, 1.165) is 17.7 Å².